The van der Waals surface area contributed by atoms with Crippen molar-refractivity contribution in [2.45, 2.75) is 39.5 Å². The fourth-order valence-electron chi connectivity index (χ4n) is 2.07. The molecule has 0 atom stereocenters. The summed E-state index contributed by atoms with van der Waals surface area (Å²) in [6, 6.07) is 6.57. The van der Waals surface area contributed by atoms with E-state index in [2.05, 4.69) is 44.6 Å². The number of rotatable bonds is 7. The van der Waals surface area contributed by atoms with E-state index in [1.165, 1.54) is 6.07 Å². The van der Waals surface area contributed by atoms with Crippen LogP contribution in [-0.2, 0) is 13.1 Å². The van der Waals surface area contributed by atoms with Crippen LogP contribution in [0.25, 0.3) is 0 Å². The highest BCUT2D eigenvalue weighted by Gasteiger charge is 2.07. The maximum atomic E-state index is 12.3. The average Bonchev–Trinajstić information content (AvgIpc) is 3.04. The third-order valence-electron chi connectivity index (χ3n) is 3.38. The molecule has 0 saturated heterocycles. The molecule has 26 heavy (non-hydrogen) atoms. The van der Waals surface area contributed by atoms with Crippen LogP contribution in [0.5, 0.6) is 5.75 Å². The molecule has 1 heterocycles. The molecule has 1 aromatic heterocycles. The standard InChI is InChI=1S/C17H22F2N4OS.HI/c1-11(2)14-10-25-15(23-14)9-22-17(20-3)21-8-12-5-4-6-13(7-12)24-16(18)19;/h4-7,10-11,16H,8-9H2,1-3H3,(H2,20,21,22);1H. The van der Waals surface area contributed by atoms with Gasteiger partial charge in [0.15, 0.2) is 5.96 Å². The topological polar surface area (TPSA) is 58.5 Å². The number of guanidine groups is 1. The Bertz CT molecular complexity index is 710. The highest BCUT2D eigenvalue weighted by molar-refractivity contribution is 14.0. The first-order chi connectivity index (χ1) is 12.0. The summed E-state index contributed by atoms with van der Waals surface area (Å²) in [6.07, 6.45) is 0. The number of ether oxygens (including phenoxy) is 1. The van der Waals surface area contributed by atoms with Gasteiger partial charge in [-0.05, 0) is 23.6 Å². The minimum atomic E-state index is -2.83. The van der Waals surface area contributed by atoms with E-state index in [1.807, 2.05) is 6.07 Å². The van der Waals surface area contributed by atoms with Crippen molar-refractivity contribution in [2.75, 3.05) is 7.05 Å². The van der Waals surface area contributed by atoms with Crippen molar-refractivity contribution >= 4 is 41.3 Å². The predicted octanol–water partition coefficient (Wildman–Crippen LogP) is 4.35. The first-order valence-corrected chi connectivity index (χ1v) is 8.78. The van der Waals surface area contributed by atoms with E-state index in [9.17, 15) is 8.78 Å². The van der Waals surface area contributed by atoms with Crippen molar-refractivity contribution in [3.8, 4) is 5.75 Å². The zero-order chi connectivity index (χ0) is 18.2. The molecule has 0 fully saturated rings. The molecule has 0 aliphatic rings. The lowest BCUT2D eigenvalue weighted by Crippen LogP contribution is -2.36. The zero-order valence-corrected chi connectivity index (χ0v) is 18.0. The van der Waals surface area contributed by atoms with E-state index in [1.54, 1.807) is 30.5 Å². The van der Waals surface area contributed by atoms with Crippen LogP contribution >= 0.6 is 35.3 Å². The number of benzene rings is 1. The largest absolute Gasteiger partial charge is 0.435 e. The maximum absolute atomic E-state index is 12.3. The van der Waals surface area contributed by atoms with Crippen LogP contribution < -0.4 is 15.4 Å². The summed E-state index contributed by atoms with van der Waals surface area (Å²) in [4.78, 5) is 8.71. The van der Waals surface area contributed by atoms with Gasteiger partial charge in [0.25, 0.3) is 0 Å². The number of hydrogen-bond donors (Lipinski definition) is 2. The number of nitrogens with zero attached hydrogens (tertiary/aromatic N) is 2. The minimum absolute atomic E-state index is 0. The van der Waals surface area contributed by atoms with Gasteiger partial charge in [-0.15, -0.1) is 35.3 Å². The smallest absolute Gasteiger partial charge is 0.387 e. The maximum Gasteiger partial charge on any atom is 0.387 e. The van der Waals surface area contributed by atoms with Crippen LogP contribution in [0.1, 0.15) is 36.0 Å². The predicted molar refractivity (Wildman–Crippen MR) is 112 cm³/mol. The summed E-state index contributed by atoms with van der Waals surface area (Å²) < 4.78 is 28.9. The van der Waals surface area contributed by atoms with E-state index in [4.69, 9.17) is 0 Å². The third-order valence-corrected chi connectivity index (χ3v) is 4.24. The summed E-state index contributed by atoms with van der Waals surface area (Å²) in [5.41, 5.74) is 1.90. The van der Waals surface area contributed by atoms with Crippen LogP contribution in [0.4, 0.5) is 8.78 Å². The van der Waals surface area contributed by atoms with Gasteiger partial charge in [-0.25, -0.2) is 4.98 Å². The molecule has 2 aromatic rings. The second-order valence-corrected chi connectivity index (χ2v) is 6.57. The van der Waals surface area contributed by atoms with Gasteiger partial charge in [-0.3, -0.25) is 4.99 Å². The zero-order valence-electron chi connectivity index (χ0n) is 14.8. The van der Waals surface area contributed by atoms with Gasteiger partial charge >= 0.3 is 6.61 Å². The summed E-state index contributed by atoms with van der Waals surface area (Å²) in [5, 5.41) is 9.38. The summed E-state index contributed by atoms with van der Waals surface area (Å²) in [5.74, 6) is 1.16. The van der Waals surface area contributed by atoms with Crippen LogP contribution in [-0.4, -0.2) is 24.6 Å². The summed E-state index contributed by atoms with van der Waals surface area (Å²) in [6.45, 7) is 2.41. The molecule has 0 saturated carbocycles. The number of aliphatic imine (C=N–C) groups is 1. The quantitative estimate of drug-likeness (QED) is 0.340. The fourth-order valence-corrected chi connectivity index (χ4v) is 2.96. The molecule has 0 spiro atoms. The highest BCUT2D eigenvalue weighted by Crippen LogP contribution is 2.18. The van der Waals surface area contributed by atoms with E-state index in [0.29, 0.717) is 25.0 Å². The lowest BCUT2D eigenvalue weighted by Gasteiger charge is -2.12. The Morgan fingerprint density at radius 2 is 2.00 bits per heavy atom. The number of thiazole rings is 1. The molecule has 0 radical (unpaired) electrons. The first-order valence-electron chi connectivity index (χ1n) is 7.90. The fraction of sp³-hybridized carbons (Fsp3) is 0.412. The van der Waals surface area contributed by atoms with Gasteiger partial charge < -0.3 is 15.4 Å². The minimum Gasteiger partial charge on any atom is -0.435 e. The molecule has 1 aromatic carbocycles. The Balaban J connectivity index is 0.00000338. The van der Waals surface area contributed by atoms with Crippen molar-refractivity contribution in [3.05, 3.63) is 45.9 Å². The molecule has 2 rings (SSSR count). The number of halogens is 3. The molecular formula is C17H23F2IN4OS. The monoisotopic (exact) mass is 496 g/mol. The van der Waals surface area contributed by atoms with E-state index >= 15 is 0 Å². The van der Waals surface area contributed by atoms with Crippen LogP contribution in [0.2, 0.25) is 0 Å². The van der Waals surface area contributed by atoms with E-state index < -0.39 is 6.61 Å². The summed E-state index contributed by atoms with van der Waals surface area (Å²) >= 11 is 1.61. The Morgan fingerprint density at radius 3 is 2.62 bits per heavy atom. The second kappa shape index (κ2) is 11.3. The molecule has 0 amide bonds. The molecule has 0 bridgehead atoms. The second-order valence-electron chi connectivity index (χ2n) is 5.63. The number of hydrogen-bond acceptors (Lipinski definition) is 4. The molecule has 5 nitrogen and oxygen atoms in total. The molecular weight excluding hydrogens is 473 g/mol. The van der Waals surface area contributed by atoms with Crippen molar-refractivity contribution in [2.24, 2.45) is 4.99 Å². The van der Waals surface area contributed by atoms with Gasteiger partial charge in [0.1, 0.15) is 10.8 Å². The normalized spacial score (nSPS) is 11.4. The SMILES string of the molecule is CN=C(NCc1cccc(OC(F)F)c1)NCc1nc(C(C)C)cs1.I. The molecule has 0 aliphatic heterocycles. The number of aromatic nitrogens is 1. The number of alkyl halides is 2. The molecule has 0 aliphatic carbocycles. The Hall–Kier alpha value is -1.49. The Labute approximate surface area is 173 Å². The van der Waals surface area contributed by atoms with Crippen molar-refractivity contribution in [1.82, 2.24) is 15.6 Å². The van der Waals surface area contributed by atoms with Gasteiger partial charge in [0, 0.05) is 19.0 Å². The third kappa shape index (κ3) is 7.40. The van der Waals surface area contributed by atoms with Gasteiger partial charge in [-0.1, -0.05) is 26.0 Å². The van der Waals surface area contributed by atoms with Gasteiger partial charge in [-0.2, -0.15) is 8.78 Å². The van der Waals surface area contributed by atoms with Crippen molar-refractivity contribution in [3.63, 3.8) is 0 Å². The van der Waals surface area contributed by atoms with Crippen molar-refractivity contribution in [1.29, 1.82) is 0 Å². The van der Waals surface area contributed by atoms with Gasteiger partial charge in [0.05, 0.1) is 12.2 Å². The average molecular weight is 496 g/mol. The molecule has 144 valence electrons. The Kier molecular flexibility index (Phi) is 9.78. The van der Waals surface area contributed by atoms with Gasteiger partial charge in [0.2, 0.25) is 0 Å². The lowest BCUT2D eigenvalue weighted by molar-refractivity contribution is -0.0498. The Morgan fingerprint density at radius 1 is 1.27 bits per heavy atom. The highest BCUT2D eigenvalue weighted by atomic mass is 127. The molecule has 9 heteroatoms. The van der Waals surface area contributed by atoms with E-state index in [-0.39, 0.29) is 29.7 Å². The van der Waals surface area contributed by atoms with Crippen LogP contribution in [0.15, 0.2) is 34.6 Å². The van der Waals surface area contributed by atoms with Crippen LogP contribution in [0, 0.1) is 0 Å². The molecule has 0 unspecified atom stereocenters. The van der Waals surface area contributed by atoms with Crippen LogP contribution in [0.3, 0.4) is 0 Å². The van der Waals surface area contributed by atoms with E-state index in [0.717, 1.165) is 16.3 Å². The molecule has 2 N–H and O–H groups in total. The first kappa shape index (κ1) is 22.6. The van der Waals surface area contributed by atoms with Crippen molar-refractivity contribution < 1.29 is 13.5 Å². The number of nitrogens with one attached hydrogen (secondary N) is 2. The lowest BCUT2D eigenvalue weighted by atomic mass is 10.2. The summed E-state index contributed by atoms with van der Waals surface area (Å²) in [7, 11) is 1.67.